The maximum absolute atomic E-state index is 13.9. The van der Waals surface area contributed by atoms with E-state index in [-0.39, 0.29) is 40.9 Å². The first kappa shape index (κ1) is 21.4. The molecule has 3 atom stereocenters. The van der Waals surface area contributed by atoms with E-state index in [0.717, 1.165) is 25.1 Å². The Kier molecular flexibility index (Phi) is 5.06. The average Bonchev–Trinajstić information content (AvgIpc) is 3.49. The van der Waals surface area contributed by atoms with E-state index in [0.29, 0.717) is 18.2 Å². The van der Waals surface area contributed by atoms with Gasteiger partial charge in [0.05, 0.1) is 22.7 Å². The summed E-state index contributed by atoms with van der Waals surface area (Å²) in [6, 6.07) is 5.73. The van der Waals surface area contributed by atoms with Gasteiger partial charge in [0.15, 0.2) is 5.82 Å². The van der Waals surface area contributed by atoms with E-state index < -0.39 is 17.6 Å². The molecule has 2 bridgehead atoms. The lowest BCUT2D eigenvalue weighted by Crippen LogP contribution is -2.47. The first-order valence-corrected chi connectivity index (χ1v) is 10.4. The Morgan fingerprint density at radius 2 is 2.03 bits per heavy atom. The van der Waals surface area contributed by atoms with E-state index in [1.807, 2.05) is 0 Å². The number of hydrogen-bond acceptors (Lipinski definition) is 6. The van der Waals surface area contributed by atoms with E-state index in [1.54, 1.807) is 11.8 Å². The number of pyridine rings is 1. The predicted octanol–water partition coefficient (Wildman–Crippen LogP) is 4.31. The predicted molar refractivity (Wildman–Crippen MR) is 109 cm³/mol. The number of benzene rings is 1. The van der Waals surface area contributed by atoms with Crippen LogP contribution in [0.3, 0.4) is 0 Å². The number of amides is 1. The molecule has 5 rings (SSSR count). The largest absolute Gasteiger partial charge is 0.417 e. The molecule has 1 aliphatic carbocycles. The molecule has 1 saturated carbocycles. The van der Waals surface area contributed by atoms with Crippen molar-refractivity contribution in [3.63, 3.8) is 0 Å². The van der Waals surface area contributed by atoms with Gasteiger partial charge in [0, 0.05) is 18.8 Å². The van der Waals surface area contributed by atoms with Crippen molar-refractivity contribution in [2.24, 2.45) is 5.92 Å². The highest BCUT2D eigenvalue weighted by molar-refractivity contribution is 6.00. The molecule has 3 unspecified atom stereocenters. The van der Waals surface area contributed by atoms with Crippen LogP contribution < -0.4 is 5.32 Å². The SMILES string of the molecule is Cc1noc(-c2cc(F)ccc2C(=O)N2CC3CC(Nc4ccc(C(F)(F)F)cn4)C2C3)n1. The number of carbonyl (C=O) groups excluding carboxylic acids is 1. The lowest BCUT2D eigenvalue weighted by molar-refractivity contribution is -0.137. The van der Waals surface area contributed by atoms with Crippen LogP contribution in [-0.2, 0) is 6.18 Å². The summed E-state index contributed by atoms with van der Waals surface area (Å²) in [5.41, 5.74) is -0.353. The number of aromatic nitrogens is 3. The van der Waals surface area contributed by atoms with E-state index in [2.05, 4.69) is 20.4 Å². The van der Waals surface area contributed by atoms with Crippen LogP contribution in [0.5, 0.6) is 0 Å². The minimum absolute atomic E-state index is 0.0586. The van der Waals surface area contributed by atoms with Crippen LogP contribution in [0.4, 0.5) is 23.4 Å². The van der Waals surface area contributed by atoms with E-state index >= 15 is 0 Å². The van der Waals surface area contributed by atoms with Crippen molar-refractivity contribution in [3.8, 4) is 11.5 Å². The van der Waals surface area contributed by atoms with Crippen LogP contribution in [0, 0.1) is 18.7 Å². The number of rotatable bonds is 4. The first-order chi connectivity index (χ1) is 15.7. The molecule has 1 saturated heterocycles. The van der Waals surface area contributed by atoms with Gasteiger partial charge in [0.1, 0.15) is 11.6 Å². The Hall–Kier alpha value is -3.50. The van der Waals surface area contributed by atoms with Gasteiger partial charge >= 0.3 is 6.18 Å². The number of halogens is 4. The Bertz CT molecular complexity index is 1190. The fraction of sp³-hybridized carbons (Fsp3) is 0.364. The van der Waals surface area contributed by atoms with Crippen molar-refractivity contribution < 1.29 is 26.9 Å². The Morgan fingerprint density at radius 3 is 2.67 bits per heavy atom. The van der Waals surface area contributed by atoms with E-state index in [4.69, 9.17) is 4.52 Å². The zero-order valence-corrected chi connectivity index (χ0v) is 17.4. The zero-order chi connectivity index (χ0) is 23.3. The summed E-state index contributed by atoms with van der Waals surface area (Å²) in [4.78, 5) is 23.2. The second-order valence-electron chi connectivity index (χ2n) is 8.38. The highest BCUT2D eigenvalue weighted by Gasteiger charge is 2.47. The molecule has 1 aromatic carbocycles. The maximum atomic E-state index is 13.9. The number of carbonyl (C=O) groups is 1. The molecule has 1 aliphatic heterocycles. The summed E-state index contributed by atoms with van der Waals surface area (Å²) in [5.74, 6) is 0.162. The normalized spacial score (nSPS) is 22.1. The molecule has 3 aromatic rings. The molecule has 0 radical (unpaired) electrons. The topological polar surface area (TPSA) is 84.2 Å². The zero-order valence-electron chi connectivity index (χ0n) is 17.4. The molecule has 2 fully saturated rings. The van der Waals surface area contributed by atoms with Crippen LogP contribution in [0.25, 0.3) is 11.5 Å². The number of anilines is 1. The summed E-state index contributed by atoms with van der Waals surface area (Å²) in [6.45, 7) is 2.17. The molecule has 0 spiro atoms. The number of aryl methyl sites for hydroxylation is 1. The van der Waals surface area contributed by atoms with E-state index in [9.17, 15) is 22.4 Å². The minimum Gasteiger partial charge on any atom is -0.365 e. The van der Waals surface area contributed by atoms with Gasteiger partial charge in [-0.3, -0.25) is 4.79 Å². The van der Waals surface area contributed by atoms with Crippen molar-refractivity contribution in [1.82, 2.24) is 20.0 Å². The minimum atomic E-state index is -4.45. The maximum Gasteiger partial charge on any atom is 0.417 e. The van der Waals surface area contributed by atoms with Crippen LogP contribution in [0.15, 0.2) is 41.1 Å². The van der Waals surface area contributed by atoms with Crippen molar-refractivity contribution in [2.75, 3.05) is 11.9 Å². The smallest absolute Gasteiger partial charge is 0.365 e. The number of hydrogen-bond donors (Lipinski definition) is 1. The van der Waals surface area contributed by atoms with Gasteiger partial charge in [-0.15, -0.1) is 0 Å². The van der Waals surface area contributed by atoms with Crippen LogP contribution >= 0.6 is 0 Å². The van der Waals surface area contributed by atoms with Crippen molar-refractivity contribution in [2.45, 2.75) is 38.0 Å². The second kappa shape index (κ2) is 7.82. The molecule has 33 heavy (non-hydrogen) atoms. The lowest BCUT2D eigenvalue weighted by Gasteiger charge is -2.34. The first-order valence-electron chi connectivity index (χ1n) is 10.4. The number of nitrogens with one attached hydrogen (secondary N) is 1. The number of likely N-dealkylation sites (tertiary alicyclic amines) is 1. The lowest BCUT2D eigenvalue weighted by atomic mass is 10.0. The Balaban J connectivity index is 1.37. The highest BCUT2D eigenvalue weighted by Crippen LogP contribution is 2.40. The summed E-state index contributed by atoms with van der Waals surface area (Å²) in [6.07, 6.45) is -2.13. The summed E-state index contributed by atoms with van der Waals surface area (Å²) >= 11 is 0. The second-order valence-corrected chi connectivity index (χ2v) is 8.38. The third-order valence-electron chi connectivity index (χ3n) is 6.14. The summed E-state index contributed by atoms with van der Waals surface area (Å²) < 4.78 is 57.4. The fourth-order valence-electron chi connectivity index (χ4n) is 4.69. The quantitative estimate of drug-likeness (QED) is 0.583. The van der Waals surface area contributed by atoms with Gasteiger partial charge in [-0.25, -0.2) is 9.37 Å². The third-order valence-corrected chi connectivity index (χ3v) is 6.14. The van der Waals surface area contributed by atoms with Gasteiger partial charge in [0.2, 0.25) is 0 Å². The molecule has 1 amide bonds. The monoisotopic (exact) mass is 461 g/mol. The van der Waals surface area contributed by atoms with Gasteiger partial charge in [-0.05, 0) is 56.0 Å². The van der Waals surface area contributed by atoms with Crippen LogP contribution in [0.1, 0.15) is 34.6 Å². The van der Waals surface area contributed by atoms with E-state index in [1.165, 1.54) is 24.3 Å². The Labute approximate surface area is 185 Å². The molecule has 2 aromatic heterocycles. The summed E-state index contributed by atoms with van der Waals surface area (Å²) in [7, 11) is 0. The molecule has 11 heteroatoms. The summed E-state index contributed by atoms with van der Waals surface area (Å²) in [5, 5.41) is 6.89. The van der Waals surface area contributed by atoms with Crippen molar-refractivity contribution in [3.05, 3.63) is 59.3 Å². The van der Waals surface area contributed by atoms with Gasteiger partial charge in [-0.1, -0.05) is 5.16 Å². The molecule has 3 heterocycles. The highest BCUT2D eigenvalue weighted by atomic mass is 19.4. The van der Waals surface area contributed by atoms with Gasteiger partial charge < -0.3 is 14.7 Å². The van der Waals surface area contributed by atoms with Crippen molar-refractivity contribution in [1.29, 1.82) is 0 Å². The molecule has 172 valence electrons. The van der Waals surface area contributed by atoms with Crippen molar-refractivity contribution >= 4 is 11.7 Å². The third kappa shape index (κ3) is 4.03. The molecule has 7 nitrogen and oxygen atoms in total. The number of fused-ring (bicyclic) bond motifs is 2. The molecular weight excluding hydrogens is 442 g/mol. The van der Waals surface area contributed by atoms with Crippen LogP contribution in [-0.4, -0.2) is 44.6 Å². The molecular formula is C22H19F4N5O2. The fourth-order valence-corrected chi connectivity index (χ4v) is 4.69. The van der Waals surface area contributed by atoms with Gasteiger partial charge in [-0.2, -0.15) is 18.2 Å². The standard InChI is InChI=1S/C22H19F4N5O2/c1-11-28-20(33-30-11)16-8-14(23)3-4-15(16)21(32)31-10-12-6-17(18(31)7-12)29-19-5-2-13(9-27-19)22(24,25)26/h2-5,8-9,12,17-18H,6-7,10H2,1H3,(H,27,29). The van der Waals surface area contributed by atoms with Gasteiger partial charge in [0.25, 0.3) is 11.8 Å². The van der Waals surface area contributed by atoms with Crippen LogP contribution in [0.2, 0.25) is 0 Å². The number of piperidine rings is 1. The Morgan fingerprint density at radius 1 is 1.21 bits per heavy atom. The number of nitrogens with zero attached hydrogens (tertiary/aromatic N) is 4. The molecule has 2 aliphatic rings. The molecule has 1 N–H and O–H groups in total. The number of alkyl halides is 3. The average molecular weight is 461 g/mol.